The van der Waals surface area contributed by atoms with Gasteiger partial charge in [0.05, 0.1) is 0 Å². The van der Waals surface area contributed by atoms with Crippen molar-refractivity contribution in [3.63, 3.8) is 0 Å². The molecule has 1 saturated carbocycles. The maximum Gasteiger partial charge on any atom is 0.123 e. The average Bonchev–Trinajstić information content (AvgIpc) is 3.16. The first-order valence-corrected chi connectivity index (χ1v) is 8.10. The van der Waals surface area contributed by atoms with E-state index in [1.807, 2.05) is 13.0 Å². The minimum Gasteiger partial charge on any atom is -0.309 e. The third kappa shape index (κ3) is 2.79. The maximum absolute atomic E-state index is 13.4. The van der Waals surface area contributed by atoms with Crippen molar-refractivity contribution in [3.8, 4) is 10.4 Å². The lowest BCUT2D eigenvalue weighted by Crippen LogP contribution is -2.21. The van der Waals surface area contributed by atoms with Crippen molar-refractivity contribution >= 4 is 11.3 Å². The summed E-state index contributed by atoms with van der Waals surface area (Å²) in [6.07, 6.45) is 2.65. The summed E-state index contributed by atoms with van der Waals surface area (Å²) in [5.74, 6) is 0.626. The van der Waals surface area contributed by atoms with Crippen LogP contribution in [-0.4, -0.2) is 6.54 Å². The summed E-state index contributed by atoms with van der Waals surface area (Å²) in [5, 5.41) is 3.59. The van der Waals surface area contributed by atoms with Gasteiger partial charge in [-0.05, 0) is 67.6 Å². The highest BCUT2D eigenvalue weighted by Gasteiger charge is 2.32. The first-order chi connectivity index (χ1) is 9.69. The second-order valence-corrected chi connectivity index (χ2v) is 6.65. The van der Waals surface area contributed by atoms with Gasteiger partial charge in [0, 0.05) is 15.8 Å². The standard InChI is InChI=1S/C17H20FNS/c1-3-19-17(12-5-6-12)16-9-8-15(20-16)14-10-13(18)7-4-11(14)2/h4,7-10,12,17,19H,3,5-6H2,1-2H3. The number of hydrogen-bond acceptors (Lipinski definition) is 2. The van der Waals surface area contributed by atoms with Crippen molar-refractivity contribution < 1.29 is 4.39 Å². The molecule has 0 amide bonds. The third-order valence-electron chi connectivity index (χ3n) is 3.92. The molecule has 2 aromatic rings. The molecule has 1 atom stereocenters. The van der Waals surface area contributed by atoms with Crippen LogP contribution in [0.3, 0.4) is 0 Å². The molecule has 1 aromatic carbocycles. The van der Waals surface area contributed by atoms with E-state index in [1.165, 1.54) is 28.7 Å². The Labute approximate surface area is 123 Å². The van der Waals surface area contributed by atoms with Crippen molar-refractivity contribution in [1.82, 2.24) is 5.32 Å². The third-order valence-corrected chi connectivity index (χ3v) is 5.12. The van der Waals surface area contributed by atoms with E-state index in [0.29, 0.717) is 6.04 Å². The van der Waals surface area contributed by atoms with Crippen LogP contribution in [0, 0.1) is 18.7 Å². The van der Waals surface area contributed by atoms with Gasteiger partial charge in [-0.2, -0.15) is 0 Å². The average molecular weight is 289 g/mol. The van der Waals surface area contributed by atoms with Gasteiger partial charge < -0.3 is 5.32 Å². The molecule has 1 heterocycles. The molecule has 3 heteroatoms. The van der Waals surface area contributed by atoms with Gasteiger partial charge in [0.15, 0.2) is 0 Å². The first kappa shape index (κ1) is 13.8. The summed E-state index contributed by atoms with van der Waals surface area (Å²) in [5.41, 5.74) is 2.15. The number of hydrogen-bond donors (Lipinski definition) is 1. The van der Waals surface area contributed by atoms with E-state index in [-0.39, 0.29) is 5.82 Å². The molecule has 0 radical (unpaired) electrons. The molecule has 1 nitrogen and oxygen atoms in total. The van der Waals surface area contributed by atoms with Crippen molar-refractivity contribution in [3.05, 3.63) is 46.6 Å². The van der Waals surface area contributed by atoms with Crippen LogP contribution >= 0.6 is 11.3 Å². The molecule has 20 heavy (non-hydrogen) atoms. The molecular weight excluding hydrogens is 269 g/mol. The second kappa shape index (κ2) is 5.66. The lowest BCUT2D eigenvalue weighted by atomic mass is 10.1. The lowest BCUT2D eigenvalue weighted by molar-refractivity contribution is 0.504. The molecule has 0 saturated heterocycles. The van der Waals surface area contributed by atoms with E-state index >= 15 is 0 Å². The van der Waals surface area contributed by atoms with Gasteiger partial charge in [-0.3, -0.25) is 0 Å². The monoisotopic (exact) mass is 289 g/mol. The zero-order chi connectivity index (χ0) is 14.1. The van der Waals surface area contributed by atoms with E-state index in [0.717, 1.165) is 23.6 Å². The van der Waals surface area contributed by atoms with Crippen LogP contribution in [0.2, 0.25) is 0 Å². The highest BCUT2D eigenvalue weighted by molar-refractivity contribution is 7.15. The zero-order valence-corrected chi connectivity index (χ0v) is 12.8. The molecule has 0 aliphatic heterocycles. The Morgan fingerprint density at radius 3 is 2.80 bits per heavy atom. The molecule has 106 valence electrons. The summed E-state index contributed by atoms with van der Waals surface area (Å²) in [7, 11) is 0. The zero-order valence-electron chi connectivity index (χ0n) is 11.9. The van der Waals surface area contributed by atoms with E-state index in [2.05, 4.69) is 24.4 Å². The highest BCUT2D eigenvalue weighted by atomic mass is 32.1. The Kier molecular flexibility index (Phi) is 3.90. The lowest BCUT2D eigenvalue weighted by Gasteiger charge is -2.15. The molecule has 1 N–H and O–H groups in total. The summed E-state index contributed by atoms with van der Waals surface area (Å²) in [6, 6.07) is 9.84. The summed E-state index contributed by atoms with van der Waals surface area (Å²) >= 11 is 1.80. The second-order valence-electron chi connectivity index (χ2n) is 5.53. The van der Waals surface area contributed by atoms with E-state index in [1.54, 1.807) is 17.4 Å². The SMILES string of the molecule is CCNC(c1ccc(-c2cc(F)ccc2C)s1)C1CC1. The molecule has 1 aliphatic rings. The van der Waals surface area contributed by atoms with Gasteiger partial charge in [-0.1, -0.05) is 13.0 Å². The summed E-state index contributed by atoms with van der Waals surface area (Å²) < 4.78 is 13.4. The Hall–Kier alpha value is -1.19. The number of benzene rings is 1. The number of aryl methyl sites for hydroxylation is 1. The molecule has 0 spiro atoms. The van der Waals surface area contributed by atoms with E-state index in [9.17, 15) is 4.39 Å². The van der Waals surface area contributed by atoms with Gasteiger partial charge in [0.2, 0.25) is 0 Å². The number of halogens is 1. The Balaban J connectivity index is 1.90. The predicted octanol–water partition coefficient (Wildman–Crippen LogP) is 4.92. The van der Waals surface area contributed by atoms with Crippen LogP contribution in [0.4, 0.5) is 4.39 Å². The van der Waals surface area contributed by atoms with E-state index < -0.39 is 0 Å². The van der Waals surface area contributed by atoms with Crippen LogP contribution in [-0.2, 0) is 0 Å². The largest absolute Gasteiger partial charge is 0.309 e. The topological polar surface area (TPSA) is 12.0 Å². The number of nitrogens with one attached hydrogen (secondary N) is 1. The Bertz CT molecular complexity index is 601. The minimum absolute atomic E-state index is 0.161. The smallest absolute Gasteiger partial charge is 0.123 e. The van der Waals surface area contributed by atoms with Crippen molar-refractivity contribution in [2.45, 2.75) is 32.7 Å². The van der Waals surface area contributed by atoms with E-state index in [4.69, 9.17) is 0 Å². The van der Waals surface area contributed by atoms with Crippen LogP contribution in [0.15, 0.2) is 30.3 Å². The first-order valence-electron chi connectivity index (χ1n) is 7.28. The van der Waals surface area contributed by atoms with Gasteiger partial charge in [-0.25, -0.2) is 4.39 Å². The minimum atomic E-state index is -0.161. The van der Waals surface area contributed by atoms with Gasteiger partial charge in [-0.15, -0.1) is 11.3 Å². The molecule has 1 fully saturated rings. The molecule has 3 rings (SSSR count). The Morgan fingerprint density at radius 2 is 2.10 bits per heavy atom. The number of thiophene rings is 1. The molecule has 1 aromatic heterocycles. The number of rotatable bonds is 5. The molecule has 0 bridgehead atoms. The fourth-order valence-electron chi connectivity index (χ4n) is 2.67. The van der Waals surface area contributed by atoms with Crippen molar-refractivity contribution in [2.24, 2.45) is 5.92 Å². The maximum atomic E-state index is 13.4. The summed E-state index contributed by atoms with van der Waals surface area (Å²) in [4.78, 5) is 2.55. The van der Waals surface area contributed by atoms with Crippen LogP contribution in [0.25, 0.3) is 10.4 Å². The Morgan fingerprint density at radius 1 is 1.30 bits per heavy atom. The van der Waals surface area contributed by atoms with Gasteiger partial charge >= 0.3 is 0 Å². The van der Waals surface area contributed by atoms with Crippen molar-refractivity contribution in [2.75, 3.05) is 6.54 Å². The quantitative estimate of drug-likeness (QED) is 0.823. The van der Waals surface area contributed by atoms with Gasteiger partial charge in [0.25, 0.3) is 0 Å². The molecule has 1 aliphatic carbocycles. The van der Waals surface area contributed by atoms with Crippen LogP contribution < -0.4 is 5.32 Å². The van der Waals surface area contributed by atoms with Gasteiger partial charge in [0.1, 0.15) is 5.82 Å². The van der Waals surface area contributed by atoms with Crippen LogP contribution in [0.5, 0.6) is 0 Å². The fraction of sp³-hybridized carbons (Fsp3) is 0.412. The fourth-order valence-corrected chi connectivity index (χ4v) is 3.93. The van der Waals surface area contributed by atoms with Crippen molar-refractivity contribution in [1.29, 1.82) is 0 Å². The highest BCUT2D eigenvalue weighted by Crippen LogP contribution is 2.44. The summed E-state index contributed by atoms with van der Waals surface area (Å²) in [6.45, 7) is 5.19. The normalized spacial score (nSPS) is 16.4. The van der Waals surface area contributed by atoms with Crippen LogP contribution in [0.1, 0.15) is 36.2 Å². The molecule has 1 unspecified atom stereocenters. The predicted molar refractivity (Wildman–Crippen MR) is 83.6 cm³/mol. The molecular formula is C17H20FNS.